The van der Waals surface area contributed by atoms with Crippen molar-refractivity contribution >= 4 is 14.1 Å². The average molecular weight is 236 g/mol. The van der Waals surface area contributed by atoms with Gasteiger partial charge in [-0.3, -0.25) is 0 Å². The van der Waals surface area contributed by atoms with Gasteiger partial charge in [0.2, 0.25) is 0 Å². The zero-order valence-electron chi connectivity index (χ0n) is 11.0. The number of rotatable bonds is 11. The van der Waals surface area contributed by atoms with Crippen molar-refractivity contribution in [2.75, 3.05) is 0 Å². The molecule has 1 rings (SSSR count). The van der Waals surface area contributed by atoms with Crippen molar-refractivity contribution in [1.29, 1.82) is 0 Å². The molecule has 0 unspecified atom stereocenters. The van der Waals surface area contributed by atoms with Crippen LogP contribution in [0.2, 0.25) is 6.04 Å². The van der Waals surface area contributed by atoms with Crippen molar-refractivity contribution in [3.8, 4) is 0 Å². The molecular weight excluding hydrogens is 208 g/mol. The Morgan fingerprint density at radius 1 is 0.750 bits per heavy atom. The van der Waals surface area contributed by atoms with Crippen LogP contribution in [0.1, 0.15) is 71.1 Å². The number of hydrogen-bond donors (Lipinski definition) is 0. The standard InChI is InChI=1S/C15H28Si/c1-2-3-4-5-6-7-8-9-10-11-13-16-14-12-15-16/h12,14-15H,2-11,13H2,1H3. The van der Waals surface area contributed by atoms with Crippen molar-refractivity contribution < 1.29 is 0 Å². The maximum atomic E-state index is 2.43. The minimum atomic E-state index is -0.0611. The van der Waals surface area contributed by atoms with E-state index in [9.17, 15) is 0 Å². The Labute approximate surface area is 103 Å². The molecule has 0 amide bonds. The predicted molar refractivity (Wildman–Crippen MR) is 77.6 cm³/mol. The molecule has 1 heterocycles. The lowest BCUT2D eigenvalue weighted by Gasteiger charge is -2.05. The second-order valence-electron chi connectivity index (χ2n) is 5.03. The lowest BCUT2D eigenvalue weighted by molar-refractivity contribution is 0.562. The third-order valence-corrected chi connectivity index (χ3v) is 5.61. The predicted octanol–water partition coefficient (Wildman–Crippen LogP) is 4.90. The molecule has 1 aliphatic heterocycles. The molecule has 0 aromatic carbocycles. The molecular formula is C15H28Si. The van der Waals surface area contributed by atoms with Crippen molar-refractivity contribution in [2.24, 2.45) is 0 Å². The summed E-state index contributed by atoms with van der Waals surface area (Å²) in [5, 5.41) is 0. The van der Waals surface area contributed by atoms with E-state index in [0.29, 0.717) is 0 Å². The molecule has 0 bridgehead atoms. The van der Waals surface area contributed by atoms with Gasteiger partial charge in [0.25, 0.3) is 0 Å². The first kappa shape index (κ1) is 13.9. The fraction of sp³-hybridized carbons (Fsp3) is 0.800. The van der Waals surface area contributed by atoms with Crippen LogP contribution in [0.3, 0.4) is 0 Å². The van der Waals surface area contributed by atoms with Gasteiger partial charge in [0.1, 0.15) is 0 Å². The molecule has 1 aliphatic rings. The quantitative estimate of drug-likeness (QED) is 0.354. The Morgan fingerprint density at radius 3 is 1.69 bits per heavy atom. The smallest absolute Gasteiger partial charge is 0.0369 e. The van der Waals surface area contributed by atoms with Crippen molar-refractivity contribution in [2.45, 2.75) is 77.2 Å². The van der Waals surface area contributed by atoms with Gasteiger partial charge in [-0.25, -0.2) is 0 Å². The number of unbranched alkanes of at least 4 members (excludes halogenated alkanes) is 9. The largest absolute Gasteiger partial charge is 0.0782 e. The third kappa shape index (κ3) is 7.16. The maximum absolute atomic E-state index is 2.43. The molecule has 0 aromatic rings. The first-order chi connectivity index (χ1) is 7.93. The van der Waals surface area contributed by atoms with Gasteiger partial charge >= 0.3 is 0 Å². The van der Waals surface area contributed by atoms with Crippen LogP contribution in [0.15, 0.2) is 11.8 Å². The van der Waals surface area contributed by atoms with E-state index in [0.717, 1.165) is 0 Å². The minimum absolute atomic E-state index is 0.0611. The molecule has 0 spiro atoms. The monoisotopic (exact) mass is 236 g/mol. The highest BCUT2D eigenvalue weighted by Crippen LogP contribution is 2.12. The second-order valence-corrected chi connectivity index (χ2v) is 7.35. The van der Waals surface area contributed by atoms with Gasteiger partial charge in [-0.2, -0.15) is 0 Å². The van der Waals surface area contributed by atoms with E-state index in [4.69, 9.17) is 0 Å². The van der Waals surface area contributed by atoms with Crippen LogP contribution in [0.25, 0.3) is 0 Å². The summed E-state index contributed by atoms with van der Waals surface area (Å²) in [6.07, 6.45) is 16.8. The molecule has 0 N–H and O–H groups in total. The van der Waals surface area contributed by atoms with Crippen LogP contribution in [-0.4, -0.2) is 14.1 Å². The Hall–Kier alpha value is -0.173. The molecule has 0 aliphatic carbocycles. The summed E-state index contributed by atoms with van der Waals surface area (Å²) in [6.45, 7) is 2.29. The summed E-state index contributed by atoms with van der Waals surface area (Å²) >= 11 is 0. The number of hydrogen-bond acceptors (Lipinski definition) is 0. The third-order valence-electron chi connectivity index (χ3n) is 3.44. The van der Waals surface area contributed by atoms with E-state index in [1.54, 1.807) is 0 Å². The van der Waals surface area contributed by atoms with Crippen molar-refractivity contribution in [3.63, 3.8) is 0 Å². The van der Waals surface area contributed by atoms with E-state index < -0.39 is 0 Å². The van der Waals surface area contributed by atoms with Crippen molar-refractivity contribution in [1.82, 2.24) is 0 Å². The topological polar surface area (TPSA) is 0 Å². The Bertz CT molecular complexity index is 215. The van der Waals surface area contributed by atoms with Gasteiger partial charge in [0.05, 0.1) is 0 Å². The Balaban J connectivity index is 1.68. The summed E-state index contributed by atoms with van der Waals surface area (Å²) in [6, 6.07) is 1.50. The lowest BCUT2D eigenvalue weighted by atomic mass is 10.1. The van der Waals surface area contributed by atoms with Gasteiger partial charge in [0.15, 0.2) is 0 Å². The fourth-order valence-electron chi connectivity index (χ4n) is 2.22. The SMILES string of the molecule is CCCCCCCCCCCC[Si]1=CC=C1. The zero-order valence-corrected chi connectivity index (χ0v) is 12.0. The summed E-state index contributed by atoms with van der Waals surface area (Å²) < 4.78 is 0. The van der Waals surface area contributed by atoms with Gasteiger partial charge < -0.3 is 0 Å². The average Bonchev–Trinajstić information content (AvgIpc) is 2.23. The first-order valence-corrected chi connectivity index (χ1v) is 9.17. The summed E-state index contributed by atoms with van der Waals surface area (Å²) in [7, 11) is -0.0611. The van der Waals surface area contributed by atoms with Crippen LogP contribution in [-0.2, 0) is 0 Å². The maximum Gasteiger partial charge on any atom is 0.0369 e. The summed E-state index contributed by atoms with van der Waals surface area (Å²) in [5.41, 5.74) is 4.86. The molecule has 0 aromatic heterocycles. The highest BCUT2D eigenvalue weighted by atomic mass is 28.2. The zero-order chi connectivity index (χ0) is 11.5. The highest BCUT2D eigenvalue weighted by Gasteiger charge is 1.98. The van der Waals surface area contributed by atoms with E-state index in [2.05, 4.69) is 24.4 Å². The summed E-state index contributed by atoms with van der Waals surface area (Å²) in [5.74, 6) is 0. The van der Waals surface area contributed by atoms with Gasteiger partial charge in [0, 0.05) is 8.41 Å². The minimum Gasteiger partial charge on any atom is -0.0782 e. The van der Waals surface area contributed by atoms with E-state index in [1.165, 1.54) is 70.3 Å². The normalized spacial score (nSPS) is 13.7. The number of allylic oxidation sites excluding steroid dienone is 1. The van der Waals surface area contributed by atoms with Crippen LogP contribution in [0, 0.1) is 0 Å². The molecule has 0 atom stereocenters. The Morgan fingerprint density at radius 2 is 1.25 bits per heavy atom. The van der Waals surface area contributed by atoms with Crippen LogP contribution >= 0.6 is 0 Å². The molecule has 0 saturated heterocycles. The van der Waals surface area contributed by atoms with Crippen molar-refractivity contribution in [3.05, 3.63) is 11.8 Å². The van der Waals surface area contributed by atoms with Crippen LogP contribution in [0.5, 0.6) is 0 Å². The van der Waals surface area contributed by atoms with E-state index in [1.807, 2.05) is 0 Å². The molecule has 0 nitrogen and oxygen atoms in total. The van der Waals surface area contributed by atoms with Crippen LogP contribution < -0.4 is 0 Å². The fourth-order valence-corrected chi connectivity index (χ4v) is 3.67. The lowest BCUT2D eigenvalue weighted by Crippen LogP contribution is -2.07. The molecule has 16 heavy (non-hydrogen) atoms. The highest BCUT2D eigenvalue weighted by molar-refractivity contribution is 6.76. The van der Waals surface area contributed by atoms with Gasteiger partial charge in [-0.05, 0) is 6.04 Å². The van der Waals surface area contributed by atoms with Crippen LogP contribution in [0.4, 0.5) is 0 Å². The van der Waals surface area contributed by atoms with E-state index in [-0.39, 0.29) is 8.41 Å². The second kappa shape index (κ2) is 10.0. The Kier molecular flexibility index (Phi) is 8.69. The van der Waals surface area contributed by atoms with Gasteiger partial charge in [-0.1, -0.05) is 88.6 Å². The molecule has 0 fully saturated rings. The first-order valence-electron chi connectivity index (χ1n) is 7.30. The molecule has 0 saturated carbocycles. The molecule has 0 radical (unpaired) electrons. The molecule has 1 heteroatoms. The van der Waals surface area contributed by atoms with E-state index >= 15 is 0 Å². The molecule has 92 valence electrons. The summed E-state index contributed by atoms with van der Waals surface area (Å²) in [4.78, 5) is 0. The van der Waals surface area contributed by atoms with Gasteiger partial charge in [-0.15, -0.1) is 0 Å².